The number of imidazole rings is 1. The number of aromatic nitrogens is 2. The summed E-state index contributed by atoms with van der Waals surface area (Å²) in [4.78, 5) is 28.2. The minimum atomic E-state index is -4.78. The number of carbonyl (C=O) groups excluding carboxylic acids is 1. The number of hydrogen-bond acceptors (Lipinski definition) is 5. The molecule has 0 radical (unpaired) electrons. The van der Waals surface area contributed by atoms with Crippen molar-refractivity contribution in [2.45, 2.75) is 51.9 Å². The van der Waals surface area contributed by atoms with E-state index in [0.29, 0.717) is 40.1 Å². The van der Waals surface area contributed by atoms with Crippen LogP contribution in [0.1, 0.15) is 50.4 Å². The molecule has 0 bridgehead atoms. The lowest BCUT2D eigenvalue weighted by Crippen LogP contribution is -2.38. The van der Waals surface area contributed by atoms with Crippen LogP contribution in [0.4, 0.5) is 24.8 Å². The molecule has 198 valence electrons. The summed E-state index contributed by atoms with van der Waals surface area (Å²) in [5, 5.41) is 14.5. The number of ether oxygens (including phenoxy) is 1. The zero-order valence-corrected chi connectivity index (χ0v) is 20.7. The second-order valence-electron chi connectivity index (χ2n) is 10.1. The number of carboxylic acid groups (broad SMARTS) is 1. The highest BCUT2D eigenvalue weighted by atomic mass is 19.4. The highest BCUT2D eigenvalue weighted by molar-refractivity contribution is 5.99. The molecule has 2 aromatic carbocycles. The third-order valence-electron chi connectivity index (χ3n) is 6.58. The number of halogens is 3. The van der Waals surface area contributed by atoms with E-state index in [0.717, 1.165) is 19.3 Å². The van der Waals surface area contributed by atoms with Gasteiger partial charge >= 0.3 is 12.3 Å². The minimum Gasteiger partial charge on any atom is -0.480 e. The normalized spacial score (nSPS) is 22.0. The molecule has 0 spiro atoms. The van der Waals surface area contributed by atoms with E-state index in [1.54, 1.807) is 18.2 Å². The quantitative estimate of drug-likeness (QED) is 0.373. The zero-order chi connectivity index (χ0) is 27.0. The molecule has 1 aliphatic carbocycles. The van der Waals surface area contributed by atoms with E-state index in [1.165, 1.54) is 24.3 Å². The number of rotatable bonds is 7. The molecule has 3 atom stereocenters. The maximum atomic E-state index is 12.6. The first-order valence-electron chi connectivity index (χ1n) is 12.0. The van der Waals surface area contributed by atoms with E-state index in [4.69, 9.17) is 10.1 Å². The summed E-state index contributed by atoms with van der Waals surface area (Å²) in [6.45, 7) is 6.04. The number of benzene rings is 2. The largest absolute Gasteiger partial charge is 0.573 e. The summed E-state index contributed by atoms with van der Waals surface area (Å²) >= 11 is 0. The predicted octanol–water partition coefficient (Wildman–Crippen LogP) is 5.66. The lowest BCUT2D eigenvalue weighted by Gasteiger charge is -2.42. The Morgan fingerprint density at radius 1 is 1.14 bits per heavy atom. The van der Waals surface area contributed by atoms with Gasteiger partial charge in [-0.2, -0.15) is 0 Å². The van der Waals surface area contributed by atoms with Crippen LogP contribution < -0.4 is 15.4 Å². The Kier molecular flexibility index (Phi) is 7.07. The van der Waals surface area contributed by atoms with Crippen molar-refractivity contribution >= 4 is 34.5 Å². The molecule has 1 heterocycles. The fourth-order valence-electron chi connectivity index (χ4n) is 5.59. The van der Waals surface area contributed by atoms with E-state index in [-0.39, 0.29) is 11.3 Å². The van der Waals surface area contributed by atoms with Crippen LogP contribution in [0.15, 0.2) is 42.5 Å². The summed E-state index contributed by atoms with van der Waals surface area (Å²) in [7, 11) is 0. The standard InChI is InChI=1S/C26H29F3N4O4/c1-15-10-16(2)13-25(3,12-15)33-21-11-17(23(36)30-14-22(34)35)4-9-20(21)32-24(33)31-18-5-7-19(8-6-18)37-26(27,28)29/h4-9,11,15-16H,10,12-14H2,1-3H3,(H,30,36)(H,31,32)(H,34,35)/t15-,16?,25?/m0/s1. The number of nitrogens with one attached hydrogen (secondary N) is 2. The number of amides is 1. The molecule has 3 N–H and O–H groups in total. The Labute approximate surface area is 211 Å². The summed E-state index contributed by atoms with van der Waals surface area (Å²) < 4.78 is 43.6. The van der Waals surface area contributed by atoms with Gasteiger partial charge < -0.3 is 25.0 Å². The molecule has 3 aromatic rings. The van der Waals surface area contributed by atoms with Gasteiger partial charge in [-0.1, -0.05) is 13.8 Å². The number of fused-ring (bicyclic) bond motifs is 1. The number of nitrogens with zero attached hydrogens (tertiary/aromatic N) is 2. The summed E-state index contributed by atoms with van der Waals surface area (Å²) in [5.41, 5.74) is 1.79. The van der Waals surface area contributed by atoms with Crippen molar-refractivity contribution < 1.29 is 32.6 Å². The van der Waals surface area contributed by atoms with Crippen LogP contribution >= 0.6 is 0 Å². The van der Waals surface area contributed by atoms with Crippen molar-refractivity contribution in [2.75, 3.05) is 11.9 Å². The molecule has 2 unspecified atom stereocenters. The van der Waals surface area contributed by atoms with E-state index in [9.17, 15) is 22.8 Å². The van der Waals surface area contributed by atoms with E-state index < -0.39 is 24.8 Å². The van der Waals surface area contributed by atoms with Crippen LogP contribution in [0, 0.1) is 11.8 Å². The average Bonchev–Trinajstić information content (AvgIpc) is 3.14. The topological polar surface area (TPSA) is 105 Å². The molecule has 1 fully saturated rings. The number of carboxylic acids is 1. The first kappa shape index (κ1) is 26.3. The smallest absolute Gasteiger partial charge is 0.480 e. The number of aliphatic carboxylic acids is 1. The van der Waals surface area contributed by atoms with Gasteiger partial charge in [0.2, 0.25) is 5.95 Å². The fourth-order valence-corrected chi connectivity index (χ4v) is 5.59. The Morgan fingerprint density at radius 3 is 2.38 bits per heavy atom. The van der Waals surface area contributed by atoms with Gasteiger partial charge in [0.05, 0.1) is 11.0 Å². The molecule has 11 heteroatoms. The second kappa shape index (κ2) is 9.95. The van der Waals surface area contributed by atoms with Crippen molar-refractivity contribution in [1.29, 1.82) is 0 Å². The van der Waals surface area contributed by atoms with Crippen molar-refractivity contribution in [3.05, 3.63) is 48.0 Å². The average molecular weight is 519 g/mol. The third-order valence-corrected chi connectivity index (χ3v) is 6.58. The van der Waals surface area contributed by atoms with Gasteiger partial charge in [0.1, 0.15) is 12.3 Å². The molecular formula is C26H29F3N4O4. The molecule has 37 heavy (non-hydrogen) atoms. The number of hydrogen-bond donors (Lipinski definition) is 3. The highest BCUT2D eigenvalue weighted by Gasteiger charge is 2.38. The minimum absolute atomic E-state index is 0.301. The highest BCUT2D eigenvalue weighted by Crippen LogP contribution is 2.44. The second-order valence-corrected chi connectivity index (χ2v) is 10.1. The van der Waals surface area contributed by atoms with Gasteiger partial charge in [-0.15, -0.1) is 13.2 Å². The number of alkyl halides is 3. The first-order chi connectivity index (χ1) is 17.3. The molecule has 1 aliphatic rings. The predicted molar refractivity (Wildman–Crippen MR) is 132 cm³/mol. The lowest BCUT2D eigenvalue weighted by molar-refractivity contribution is -0.274. The number of anilines is 2. The van der Waals surface area contributed by atoms with Crippen LogP contribution in [-0.2, 0) is 10.3 Å². The zero-order valence-electron chi connectivity index (χ0n) is 20.7. The molecule has 1 aromatic heterocycles. The van der Waals surface area contributed by atoms with Crippen LogP contribution in [0.25, 0.3) is 11.0 Å². The Bertz CT molecular complexity index is 1290. The van der Waals surface area contributed by atoms with Crippen LogP contribution in [0.5, 0.6) is 5.75 Å². The summed E-state index contributed by atoms with van der Waals surface area (Å²) in [6, 6.07) is 10.4. The summed E-state index contributed by atoms with van der Waals surface area (Å²) in [5.74, 6) is -0.603. The fraction of sp³-hybridized carbons (Fsp3) is 0.423. The first-order valence-corrected chi connectivity index (χ1v) is 12.0. The monoisotopic (exact) mass is 518 g/mol. The van der Waals surface area contributed by atoms with Crippen molar-refractivity contribution in [3.8, 4) is 5.75 Å². The van der Waals surface area contributed by atoms with Gasteiger partial charge in [0.15, 0.2) is 0 Å². The van der Waals surface area contributed by atoms with Gasteiger partial charge in [0.25, 0.3) is 5.91 Å². The lowest BCUT2D eigenvalue weighted by atomic mass is 9.72. The van der Waals surface area contributed by atoms with Crippen molar-refractivity contribution in [2.24, 2.45) is 11.8 Å². The van der Waals surface area contributed by atoms with Crippen LogP contribution in [0.3, 0.4) is 0 Å². The molecular weight excluding hydrogens is 489 g/mol. The van der Waals surface area contributed by atoms with E-state index >= 15 is 0 Å². The molecule has 0 aliphatic heterocycles. The molecule has 8 nitrogen and oxygen atoms in total. The maximum Gasteiger partial charge on any atom is 0.573 e. The van der Waals surface area contributed by atoms with Crippen molar-refractivity contribution in [3.63, 3.8) is 0 Å². The van der Waals surface area contributed by atoms with Crippen molar-refractivity contribution in [1.82, 2.24) is 14.9 Å². The van der Waals surface area contributed by atoms with Crippen LogP contribution in [-0.4, -0.2) is 39.4 Å². The van der Waals surface area contributed by atoms with E-state index in [1.807, 2.05) is 0 Å². The molecule has 0 saturated heterocycles. The molecule has 4 rings (SSSR count). The van der Waals surface area contributed by atoms with E-state index in [2.05, 4.69) is 40.7 Å². The Balaban J connectivity index is 1.75. The number of carbonyl (C=O) groups is 2. The summed E-state index contributed by atoms with van der Waals surface area (Å²) in [6.07, 6.45) is -1.95. The molecule has 1 amide bonds. The van der Waals surface area contributed by atoms with Gasteiger partial charge in [-0.05, 0) is 80.5 Å². The van der Waals surface area contributed by atoms with Crippen LogP contribution in [0.2, 0.25) is 0 Å². The van der Waals surface area contributed by atoms with Gasteiger partial charge in [-0.3, -0.25) is 9.59 Å². The van der Waals surface area contributed by atoms with Gasteiger partial charge in [-0.25, -0.2) is 4.98 Å². The Hall–Kier alpha value is -3.76. The Morgan fingerprint density at radius 2 is 1.78 bits per heavy atom. The SMILES string of the molecule is CC1C[C@H](C)CC(C)(n2c(Nc3ccc(OC(F)(F)F)cc3)nc3ccc(C(=O)NCC(=O)O)cc32)C1. The maximum absolute atomic E-state index is 12.6. The van der Waals surface area contributed by atoms with Gasteiger partial charge in [0, 0.05) is 16.8 Å². The molecule has 1 saturated carbocycles. The third kappa shape index (κ3) is 6.15.